The summed E-state index contributed by atoms with van der Waals surface area (Å²) in [5, 5.41) is 32.5. The van der Waals surface area contributed by atoms with Crippen LogP contribution >= 0.6 is 23.2 Å². The predicted octanol–water partition coefficient (Wildman–Crippen LogP) is 6.02. The Morgan fingerprint density at radius 2 is 1.60 bits per heavy atom. The second kappa shape index (κ2) is 10.5. The van der Waals surface area contributed by atoms with Crippen LogP contribution in [0.4, 0.5) is 5.69 Å². The number of halogens is 2. The quantitative estimate of drug-likeness (QED) is 0.267. The minimum absolute atomic E-state index is 0.0326. The average molecular weight is 516 g/mol. The van der Waals surface area contributed by atoms with E-state index in [4.69, 9.17) is 27.9 Å². The van der Waals surface area contributed by atoms with Gasteiger partial charge in [0.2, 0.25) is 0 Å². The lowest BCUT2D eigenvalue weighted by molar-refractivity contribution is 0.0526. The first-order chi connectivity index (χ1) is 16.5. The van der Waals surface area contributed by atoms with E-state index in [1.807, 2.05) is 0 Å². The number of phenols is 1. The minimum Gasteiger partial charge on any atom is -0.507 e. The number of ether oxygens (including phenoxy) is 1. The zero-order valence-corrected chi connectivity index (χ0v) is 19.8. The second-order valence-electron chi connectivity index (χ2n) is 7.23. The average Bonchev–Trinajstić information content (AvgIpc) is 2.78. The number of carbonyl (C=O) groups is 3. The molecule has 0 aliphatic rings. The minimum atomic E-state index is -1.46. The summed E-state index contributed by atoms with van der Waals surface area (Å²) in [6, 6.07) is 11.5. The van der Waals surface area contributed by atoms with E-state index in [1.165, 1.54) is 6.07 Å². The van der Waals surface area contributed by atoms with E-state index in [9.17, 15) is 29.7 Å². The Kier molecular flexibility index (Phi) is 7.68. The van der Waals surface area contributed by atoms with Gasteiger partial charge in [-0.3, -0.25) is 0 Å². The van der Waals surface area contributed by atoms with Crippen LogP contribution in [-0.2, 0) is 4.74 Å². The Morgan fingerprint density at radius 3 is 2.20 bits per heavy atom. The molecule has 10 heteroatoms. The molecular weight excluding hydrogens is 497 g/mol. The van der Waals surface area contributed by atoms with Crippen molar-refractivity contribution in [1.29, 1.82) is 0 Å². The molecule has 8 nitrogen and oxygen atoms in total. The third kappa shape index (κ3) is 5.56. The topological polar surface area (TPSA) is 133 Å². The molecule has 0 fully saturated rings. The van der Waals surface area contributed by atoms with Gasteiger partial charge in [0.25, 0.3) is 0 Å². The molecule has 0 aromatic heterocycles. The fraction of sp³-hybridized carbons (Fsp3) is 0.0800. The number of benzene rings is 3. The summed E-state index contributed by atoms with van der Waals surface area (Å²) in [6.07, 6.45) is 0. The number of anilines is 1. The number of rotatable bonds is 8. The van der Waals surface area contributed by atoms with E-state index in [1.54, 1.807) is 37.3 Å². The maximum Gasteiger partial charge on any atom is 0.340 e. The highest BCUT2D eigenvalue weighted by molar-refractivity contribution is 6.36. The highest BCUT2D eigenvalue weighted by Gasteiger charge is 2.22. The fourth-order valence-electron chi connectivity index (χ4n) is 3.34. The number of carboxylic acid groups (broad SMARTS) is 2. The molecule has 0 saturated carbocycles. The van der Waals surface area contributed by atoms with Crippen LogP contribution < -0.4 is 5.32 Å². The van der Waals surface area contributed by atoms with E-state index < -0.39 is 29.2 Å². The summed E-state index contributed by atoms with van der Waals surface area (Å²) >= 11 is 12.3. The van der Waals surface area contributed by atoms with Crippen LogP contribution in [-0.4, -0.2) is 39.8 Å². The van der Waals surface area contributed by atoms with Crippen LogP contribution in [0, 0.1) is 0 Å². The maximum absolute atomic E-state index is 12.6. The zero-order chi connectivity index (χ0) is 25.9. The van der Waals surface area contributed by atoms with Gasteiger partial charge in [-0.1, -0.05) is 41.9 Å². The summed E-state index contributed by atoms with van der Waals surface area (Å²) in [5.74, 6) is -4.23. The Balaban J connectivity index is 2.13. The van der Waals surface area contributed by atoms with Gasteiger partial charge in [-0.2, -0.15) is 0 Å². The van der Waals surface area contributed by atoms with Crippen LogP contribution in [0.5, 0.6) is 5.75 Å². The lowest BCUT2D eigenvalue weighted by Gasteiger charge is -2.17. The van der Waals surface area contributed by atoms with Gasteiger partial charge in [0, 0.05) is 26.9 Å². The molecule has 0 amide bonds. The normalized spacial score (nSPS) is 10.5. The van der Waals surface area contributed by atoms with Crippen molar-refractivity contribution in [3.8, 4) is 16.9 Å². The smallest absolute Gasteiger partial charge is 0.340 e. The largest absolute Gasteiger partial charge is 0.507 e. The van der Waals surface area contributed by atoms with Crippen LogP contribution in [0.3, 0.4) is 0 Å². The molecule has 0 radical (unpaired) electrons. The first-order valence-corrected chi connectivity index (χ1v) is 10.9. The Bertz CT molecular complexity index is 1370. The molecule has 0 bridgehead atoms. The highest BCUT2D eigenvalue weighted by Crippen LogP contribution is 2.35. The molecule has 180 valence electrons. The molecule has 0 aliphatic heterocycles. The van der Waals surface area contributed by atoms with Crippen molar-refractivity contribution in [3.05, 3.63) is 87.4 Å². The maximum atomic E-state index is 12.6. The van der Waals surface area contributed by atoms with Crippen molar-refractivity contribution in [2.24, 2.45) is 0 Å². The van der Waals surface area contributed by atoms with Gasteiger partial charge in [-0.05, 0) is 48.9 Å². The molecule has 3 aromatic rings. The monoisotopic (exact) mass is 515 g/mol. The summed E-state index contributed by atoms with van der Waals surface area (Å²) in [7, 11) is 0. The summed E-state index contributed by atoms with van der Waals surface area (Å²) in [6.45, 7) is 5.59. The Morgan fingerprint density at radius 1 is 0.914 bits per heavy atom. The number of hydrogen-bond acceptors (Lipinski definition) is 6. The van der Waals surface area contributed by atoms with Gasteiger partial charge in [0.15, 0.2) is 0 Å². The molecule has 0 atom stereocenters. The van der Waals surface area contributed by atoms with Crippen LogP contribution in [0.2, 0.25) is 10.0 Å². The number of nitrogens with one attached hydrogen (secondary N) is 1. The van der Waals surface area contributed by atoms with Gasteiger partial charge < -0.3 is 25.4 Å². The standard InChI is InChI=1S/C25H19Cl2NO7/c1-3-35-25(34)16-6-4-13(15-7-5-14(26)9-20(15)27)8-21(16)28-12(2)17-10-19(24(32)33)22(29)11-18(17)23(30)31/h4-11,28-29H,2-3H2,1H3,(H,30,31)(H,32,33). The van der Waals surface area contributed by atoms with Gasteiger partial charge in [0.05, 0.1) is 23.4 Å². The molecule has 4 N–H and O–H groups in total. The molecule has 0 aliphatic carbocycles. The number of carbonyl (C=O) groups excluding carboxylic acids is 1. The van der Waals surface area contributed by atoms with Gasteiger partial charge in [-0.25, -0.2) is 14.4 Å². The summed E-state index contributed by atoms with van der Waals surface area (Å²) in [5.41, 5.74) is 0.510. The van der Waals surface area contributed by atoms with E-state index in [0.29, 0.717) is 21.2 Å². The number of aromatic carboxylic acids is 2. The molecule has 3 aromatic carbocycles. The van der Waals surface area contributed by atoms with E-state index in [0.717, 1.165) is 12.1 Å². The highest BCUT2D eigenvalue weighted by atomic mass is 35.5. The van der Waals surface area contributed by atoms with E-state index in [2.05, 4.69) is 11.9 Å². The molecule has 3 rings (SSSR count). The van der Waals surface area contributed by atoms with Crippen molar-refractivity contribution in [2.45, 2.75) is 6.92 Å². The number of esters is 1. The molecule has 35 heavy (non-hydrogen) atoms. The number of hydrogen-bond donors (Lipinski definition) is 4. The first-order valence-electron chi connectivity index (χ1n) is 10.1. The third-order valence-corrected chi connectivity index (χ3v) is 5.51. The lowest BCUT2D eigenvalue weighted by atomic mass is 9.99. The van der Waals surface area contributed by atoms with Gasteiger partial charge in [0.1, 0.15) is 11.3 Å². The summed E-state index contributed by atoms with van der Waals surface area (Å²) < 4.78 is 5.11. The van der Waals surface area contributed by atoms with E-state index >= 15 is 0 Å². The molecule has 0 spiro atoms. The van der Waals surface area contributed by atoms with Crippen molar-refractivity contribution in [1.82, 2.24) is 0 Å². The second-order valence-corrected chi connectivity index (χ2v) is 8.08. The van der Waals surface area contributed by atoms with Gasteiger partial charge >= 0.3 is 17.9 Å². The first kappa shape index (κ1) is 25.6. The molecular formula is C25H19Cl2NO7. The van der Waals surface area contributed by atoms with Crippen LogP contribution in [0.15, 0.2) is 55.1 Å². The Labute approximate surface area is 210 Å². The number of carboxylic acids is 2. The van der Waals surface area contributed by atoms with E-state index in [-0.39, 0.29) is 34.7 Å². The van der Waals surface area contributed by atoms with Crippen LogP contribution in [0.1, 0.15) is 43.6 Å². The van der Waals surface area contributed by atoms with Crippen molar-refractivity contribution >= 4 is 52.5 Å². The van der Waals surface area contributed by atoms with Crippen molar-refractivity contribution in [3.63, 3.8) is 0 Å². The fourth-order valence-corrected chi connectivity index (χ4v) is 3.86. The molecule has 0 unspecified atom stereocenters. The summed E-state index contributed by atoms with van der Waals surface area (Å²) in [4.78, 5) is 35.8. The lowest BCUT2D eigenvalue weighted by Crippen LogP contribution is -2.12. The van der Waals surface area contributed by atoms with Gasteiger partial charge in [-0.15, -0.1) is 0 Å². The SMILES string of the molecule is C=C(Nc1cc(-c2ccc(Cl)cc2Cl)ccc1C(=O)OCC)c1cc(C(=O)O)c(O)cc1C(=O)O. The predicted molar refractivity (Wildman–Crippen MR) is 133 cm³/mol. The van der Waals surface area contributed by atoms with Crippen molar-refractivity contribution < 1.29 is 34.4 Å². The Hall–Kier alpha value is -4.01. The number of aromatic hydroxyl groups is 1. The van der Waals surface area contributed by atoms with Crippen molar-refractivity contribution in [2.75, 3.05) is 11.9 Å². The zero-order valence-electron chi connectivity index (χ0n) is 18.3. The molecule has 0 saturated heterocycles. The third-order valence-electron chi connectivity index (χ3n) is 4.96. The van der Waals surface area contributed by atoms with Crippen LogP contribution in [0.25, 0.3) is 16.8 Å². The molecule has 0 heterocycles.